The van der Waals surface area contributed by atoms with Crippen molar-refractivity contribution in [2.24, 2.45) is 0 Å². The van der Waals surface area contributed by atoms with Crippen LogP contribution in [-0.2, 0) is 12.8 Å². The largest absolute Gasteiger partial charge is 0.493 e. The number of benzene rings is 2. The molecular formula is C28H40N2O4. The molecule has 2 aromatic rings. The van der Waals surface area contributed by atoms with E-state index in [1.54, 1.807) is 14.2 Å². The molecule has 0 aromatic heterocycles. The number of rotatable bonds is 13. The topological polar surface area (TPSA) is 61.0 Å². The highest BCUT2D eigenvalue weighted by Gasteiger charge is 2.24. The fourth-order valence-corrected chi connectivity index (χ4v) is 5.03. The second-order valence-corrected chi connectivity index (χ2v) is 9.56. The van der Waals surface area contributed by atoms with Crippen LogP contribution in [0.15, 0.2) is 24.3 Å². The van der Waals surface area contributed by atoms with Gasteiger partial charge in [0.15, 0.2) is 23.0 Å². The van der Waals surface area contributed by atoms with Gasteiger partial charge in [-0.15, -0.1) is 0 Å². The molecule has 0 saturated carbocycles. The molecule has 2 aliphatic rings. The minimum atomic E-state index is 0.442. The molecule has 0 spiro atoms. The first-order chi connectivity index (χ1) is 16.6. The van der Waals surface area contributed by atoms with Gasteiger partial charge in [-0.25, -0.2) is 0 Å². The summed E-state index contributed by atoms with van der Waals surface area (Å²) < 4.78 is 23.4. The van der Waals surface area contributed by atoms with Crippen molar-refractivity contribution in [3.05, 3.63) is 35.4 Å². The maximum Gasteiger partial charge on any atom is 0.166 e. The molecule has 0 fully saturated rings. The molecule has 6 nitrogen and oxygen atoms in total. The quantitative estimate of drug-likeness (QED) is 0.341. The maximum atomic E-state index is 6.18. The standard InChI is InChI=1S/C28H40N2O4/c1-19-17-21-23(29-19)11-13-25(31-3)27(21)33-15-9-7-5-6-8-10-16-34-28-22-18-20(2)30-24(22)12-14-26(28)32-4/h11-14,19-20,29-30H,5-10,15-18H2,1-4H3. The van der Waals surface area contributed by atoms with Crippen molar-refractivity contribution in [3.63, 3.8) is 0 Å². The Bertz CT molecular complexity index is 884. The lowest BCUT2D eigenvalue weighted by molar-refractivity contribution is 0.277. The zero-order valence-electron chi connectivity index (χ0n) is 21.2. The molecule has 2 unspecified atom stereocenters. The van der Waals surface area contributed by atoms with Gasteiger partial charge in [0.05, 0.1) is 27.4 Å². The van der Waals surface area contributed by atoms with Gasteiger partial charge in [0.25, 0.3) is 0 Å². The fraction of sp³-hybridized carbons (Fsp3) is 0.571. The van der Waals surface area contributed by atoms with E-state index < -0.39 is 0 Å². The molecule has 0 aliphatic carbocycles. The summed E-state index contributed by atoms with van der Waals surface area (Å²) in [7, 11) is 3.42. The zero-order chi connectivity index (χ0) is 23.9. The Kier molecular flexibility index (Phi) is 8.30. The lowest BCUT2D eigenvalue weighted by atomic mass is 10.1. The molecule has 0 amide bonds. The van der Waals surface area contributed by atoms with Crippen LogP contribution in [0.2, 0.25) is 0 Å². The average molecular weight is 469 g/mol. The van der Waals surface area contributed by atoms with Crippen molar-refractivity contribution < 1.29 is 18.9 Å². The number of methoxy groups -OCH3 is 2. The van der Waals surface area contributed by atoms with Crippen molar-refractivity contribution in [1.29, 1.82) is 0 Å². The molecule has 186 valence electrons. The van der Waals surface area contributed by atoms with Crippen LogP contribution in [0.3, 0.4) is 0 Å². The summed E-state index contributed by atoms with van der Waals surface area (Å²) in [5.74, 6) is 3.50. The molecule has 0 bridgehead atoms. The Morgan fingerprint density at radius 2 is 1.06 bits per heavy atom. The van der Waals surface area contributed by atoms with Gasteiger partial charge in [0.1, 0.15) is 0 Å². The normalized spacial score (nSPS) is 18.0. The zero-order valence-corrected chi connectivity index (χ0v) is 21.2. The van der Waals surface area contributed by atoms with E-state index in [1.807, 2.05) is 12.1 Å². The smallest absolute Gasteiger partial charge is 0.166 e. The van der Waals surface area contributed by atoms with Gasteiger partial charge in [-0.1, -0.05) is 25.7 Å². The van der Waals surface area contributed by atoms with Crippen molar-refractivity contribution in [1.82, 2.24) is 0 Å². The molecule has 2 atom stereocenters. The third-order valence-electron chi connectivity index (χ3n) is 6.74. The fourth-order valence-electron chi connectivity index (χ4n) is 5.03. The highest BCUT2D eigenvalue weighted by Crippen LogP contribution is 2.41. The second kappa shape index (κ2) is 11.6. The van der Waals surface area contributed by atoms with Crippen LogP contribution >= 0.6 is 0 Å². The van der Waals surface area contributed by atoms with Crippen LogP contribution in [0.4, 0.5) is 11.4 Å². The Balaban J connectivity index is 1.12. The van der Waals surface area contributed by atoms with Gasteiger partial charge in [0, 0.05) is 34.6 Å². The third kappa shape index (κ3) is 5.65. The molecule has 0 radical (unpaired) electrons. The van der Waals surface area contributed by atoms with E-state index >= 15 is 0 Å². The van der Waals surface area contributed by atoms with Gasteiger partial charge in [0.2, 0.25) is 0 Å². The number of hydrogen-bond acceptors (Lipinski definition) is 6. The predicted octanol–water partition coefficient (Wildman–Crippen LogP) is 6.22. The van der Waals surface area contributed by atoms with Gasteiger partial charge >= 0.3 is 0 Å². The van der Waals surface area contributed by atoms with Crippen molar-refractivity contribution in [2.75, 3.05) is 38.1 Å². The lowest BCUT2D eigenvalue weighted by Crippen LogP contribution is -2.08. The van der Waals surface area contributed by atoms with Crippen LogP contribution in [0.5, 0.6) is 23.0 Å². The van der Waals surface area contributed by atoms with Gasteiger partial charge in [-0.2, -0.15) is 0 Å². The summed E-state index contributed by atoms with van der Waals surface area (Å²) in [5.41, 5.74) is 4.85. The van der Waals surface area contributed by atoms with E-state index in [0.717, 1.165) is 61.9 Å². The van der Waals surface area contributed by atoms with Crippen LogP contribution in [0, 0.1) is 0 Å². The average Bonchev–Trinajstić information content (AvgIpc) is 3.41. The summed E-state index contributed by atoms with van der Waals surface area (Å²) in [6.45, 7) is 5.86. The summed E-state index contributed by atoms with van der Waals surface area (Å²) in [4.78, 5) is 0. The van der Waals surface area contributed by atoms with Crippen molar-refractivity contribution >= 4 is 11.4 Å². The summed E-state index contributed by atoms with van der Waals surface area (Å²) >= 11 is 0. The predicted molar refractivity (Wildman–Crippen MR) is 138 cm³/mol. The Morgan fingerprint density at radius 1 is 0.647 bits per heavy atom. The van der Waals surface area contributed by atoms with E-state index in [4.69, 9.17) is 18.9 Å². The van der Waals surface area contributed by atoms with E-state index in [1.165, 1.54) is 48.2 Å². The first kappa shape index (κ1) is 24.4. The van der Waals surface area contributed by atoms with Gasteiger partial charge < -0.3 is 29.6 Å². The van der Waals surface area contributed by atoms with E-state index in [9.17, 15) is 0 Å². The Hall–Kier alpha value is -2.76. The number of unbranched alkanes of at least 4 members (excludes halogenated alkanes) is 5. The SMILES string of the molecule is COc1ccc2c(c1OCCCCCCCCOc1c(OC)ccc3c1CC(C)N3)CC(C)N2. The molecular weight excluding hydrogens is 428 g/mol. The molecule has 6 heteroatoms. The third-order valence-corrected chi connectivity index (χ3v) is 6.74. The number of fused-ring (bicyclic) bond motifs is 2. The summed E-state index contributed by atoms with van der Waals surface area (Å²) in [6, 6.07) is 9.06. The molecule has 2 aromatic carbocycles. The van der Waals surface area contributed by atoms with Crippen LogP contribution in [0.1, 0.15) is 63.5 Å². The highest BCUT2D eigenvalue weighted by atomic mass is 16.5. The van der Waals surface area contributed by atoms with Crippen LogP contribution in [0.25, 0.3) is 0 Å². The molecule has 2 aliphatic heterocycles. The van der Waals surface area contributed by atoms with E-state index in [2.05, 4.69) is 36.6 Å². The first-order valence-corrected chi connectivity index (χ1v) is 12.8. The molecule has 4 rings (SSSR count). The van der Waals surface area contributed by atoms with Crippen molar-refractivity contribution in [2.45, 2.75) is 77.3 Å². The molecule has 2 N–H and O–H groups in total. The minimum absolute atomic E-state index is 0.442. The monoisotopic (exact) mass is 468 g/mol. The number of ether oxygens (including phenoxy) is 4. The summed E-state index contributed by atoms with van der Waals surface area (Å²) in [5, 5.41) is 7.00. The maximum absolute atomic E-state index is 6.18. The van der Waals surface area contributed by atoms with Gasteiger partial charge in [-0.05, 0) is 63.8 Å². The van der Waals surface area contributed by atoms with E-state index in [-0.39, 0.29) is 0 Å². The molecule has 2 heterocycles. The van der Waals surface area contributed by atoms with E-state index in [0.29, 0.717) is 12.1 Å². The van der Waals surface area contributed by atoms with Crippen LogP contribution < -0.4 is 29.6 Å². The highest BCUT2D eigenvalue weighted by molar-refractivity contribution is 5.67. The lowest BCUT2D eigenvalue weighted by Gasteiger charge is -2.15. The Labute approximate surface area is 204 Å². The van der Waals surface area contributed by atoms with Crippen molar-refractivity contribution in [3.8, 4) is 23.0 Å². The number of hydrogen-bond donors (Lipinski definition) is 2. The number of anilines is 2. The summed E-state index contributed by atoms with van der Waals surface area (Å²) in [6.07, 6.45) is 8.88. The second-order valence-electron chi connectivity index (χ2n) is 9.56. The Morgan fingerprint density at radius 3 is 1.47 bits per heavy atom. The van der Waals surface area contributed by atoms with Crippen LogP contribution in [-0.4, -0.2) is 39.5 Å². The first-order valence-electron chi connectivity index (χ1n) is 12.8. The number of nitrogens with one attached hydrogen (secondary N) is 2. The van der Waals surface area contributed by atoms with Gasteiger partial charge in [-0.3, -0.25) is 0 Å². The minimum Gasteiger partial charge on any atom is -0.493 e. The molecule has 0 saturated heterocycles. The molecule has 34 heavy (non-hydrogen) atoms.